The van der Waals surface area contributed by atoms with E-state index in [1.807, 2.05) is 0 Å². The Morgan fingerprint density at radius 1 is 1.30 bits per heavy atom. The van der Waals surface area contributed by atoms with Gasteiger partial charge in [-0.15, -0.1) is 0 Å². The number of carbonyl (C=O) groups excluding carboxylic acids is 2. The lowest BCUT2D eigenvalue weighted by molar-refractivity contribution is -0.123. The maximum atomic E-state index is 12.1. The SMILES string of the molecule is NC(=O)[C@H]1CCCN(C(=O)Nc2ccc(Cl)c(Cl)c2)C1. The number of benzene rings is 1. The Balaban J connectivity index is 2.00. The molecule has 0 spiro atoms. The number of primary amides is 1. The van der Waals surface area contributed by atoms with Gasteiger partial charge in [-0.2, -0.15) is 0 Å². The summed E-state index contributed by atoms with van der Waals surface area (Å²) in [6.07, 6.45) is 1.49. The molecule has 1 heterocycles. The molecule has 108 valence electrons. The normalized spacial score (nSPS) is 18.7. The maximum Gasteiger partial charge on any atom is 0.321 e. The fourth-order valence-corrected chi connectivity index (χ4v) is 2.47. The summed E-state index contributed by atoms with van der Waals surface area (Å²) in [6.45, 7) is 0.958. The molecule has 0 aliphatic carbocycles. The van der Waals surface area contributed by atoms with E-state index in [1.54, 1.807) is 23.1 Å². The van der Waals surface area contributed by atoms with Crippen molar-refractivity contribution >= 4 is 40.8 Å². The predicted octanol–water partition coefficient (Wildman–Crippen LogP) is 2.72. The van der Waals surface area contributed by atoms with Crippen LogP contribution in [0.3, 0.4) is 0 Å². The zero-order valence-electron chi connectivity index (χ0n) is 10.7. The van der Waals surface area contributed by atoms with Crippen molar-refractivity contribution in [2.45, 2.75) is 12.8 Å². The highest BCUT2D eigenvalue weighted by molar-refractivity contribution is 6.42. The summed E-state index contributed by atoms with van der Waals surface area (Å²) in [5.41, 5.74) is 5.85. The first-order chi connectivity index (χ1) is 9.47. The van der Waals surface area contributed by atoms with Crippen LogP contribution in [0.5, 0.6) is 0 Å². The Hall–Kier alpha value is -1.46. The van der Waals surface area contributed by atoms with Gasteiger partial charge in [0, 0.05) is 18.8 Å². The van der Waals surface area contributed by atoms with Gasteiger partial charge in [-0.05, 0) is 31.0 Å². The van der Waals surface area contributed by atoms with Gasteiger partial charge < -0.3 is 16.0 Å². The summed E-state index contributed by atoms with van der Waals surface area (Å²) in [6, 6.07) is 4.59. The van der Waals surface area contributed by atoms with E-state index in [9.17, 15) is 9.59 Å². The second kappa shape index (κ2) is 6.33. The Bertz CT molecular complexity index is 536. The lowest BCUT2D eigenvalue weighted by Crippen LogP contribution is -2.45. The molecular weight excluding hydrogens is 301 g/mol. The van der Waals surface area contributed by atoms with Gasteiger partial charge in [-0.1, -0.05) is 23.2 Å². The molecule has 20 heavy (non-hydrogen) atoms. The number of rotatable bonds is 2. The van der Waals surface area contributed by atoms with Gasteiger partial charge in [0.2, 0.25) is 5.91 Å². The van der Waals surface area contributed by atoms with Crippen LogP contribution in [0.1, 0.15) is 12.8 Å². The molecular formula is C13H15Cl2N3O2. The highest BCUT2D eigenvalue weighted by Gasteiger charge is 2.26. The number of hydrogen-bond acceptors (Lipinski definition) is 2. The maximum absolute atomic E-state index is 12.1. The number of nitrogens with zero attached hydrogens (tertiary/aromatic N) is 1. The minimum Gasteiger partial charge on any atom is -0.369 e. The number of hydrogen-bond donors (Lipinski definition) is 2. The second-order valence-electron chi connectivity index (χ2n) is 4.75. The van der Waals surface area contributed by atoms with Crippen LogP contribution in [0.25, 0.3) is 0 Å². The largest absolute Gasteiger partial charge is 0.369 e. The molecule has 0 radical (unpaired) electrons. The summed E-state index contributed by atoms with van der Waals surface area (Å²) in [5, 5.41) is 3.53. The van der Waals surface area contributed by atoms with Gasteiger partial charge in [-0.3, -0.25) is 4.79 Å². The lowest BCUT2D eigenvalue weighted by Gasteiger charge is -2.31. The van der Waals surface area contributed by atoms with Crippen molar-refractivity contribution in [3.63, 3.8) is 0 Å². The van der Waals surface area contributed by atoms with E-state index in [-0.39, 0.29) is 17.9 Å². The minimum absolute atomic E-state index is 0.269. The van der Waals surface area contributed by atoms with Gasteiger partial charge in [0.1, 0.15) is 0 Å². The molecule has 5 nitrogen and oxygen atoms in total. The topological polar surface area (TPSA) is 75.4 Å². The molecule has 1 aromatic rings. The summed E-state index contributed by atoms with van der Waals surface area (Å²) in [4.78, 5) is 24.9. The number of piperidine rings is 1. The molecule has 1 aromatic carbocycles. The van der Waals surface area contributed by atoms with Crippen molar-refractivity contribution < 1.29 is 9.59 Å². The fraction of sp³-hybridized carbons (Fsp3) is 0.385. The monoisotopic (exact) mass is 315 g/mol. The third kappa shape index (κ3) is 3.55. The zero-order valence-corrected chi connectivity index (χ0v) is 12.2. The molecule has 0 aromatic heterocycles. The standard InChI is InChI=1S/C13H15Cl2N3O2/c14-10-4-3-9(6-11(10)15)17-13(20)18-5-1-2-8(7-18)12(16)19/h3-4,6,8H,1-2,5,7H2,(H2,16,19)(H,17,20)/t8-/m0/s1. The first kappa shape index (κ1) is 14.9. The molecule has 3 amide bonds. The molecule has 0 bridgehead atoms. The molecule has 1 atom stereocenters. The van der Waals surface area contributed by atoms with E-state index in [0.717, 1.165) is 12.8 Å². The third-order valence-corrected chi connectivity index (χ3v) is 4.02. The number of urea groups is 1. The number of nitrogens with two attached hydrogens (primary N) is 1. The van der Waals surface area contributed by atoms with E-state index in [2.05, 4.69) is 5.32 Å². The van der Waals surface area contributed by atoms with Crippen molar-refractivity contribution in [2.24, 2.45) is 11.7 Å². The average molecular weight is 316 g/mol. The van der Waals surface area contributed by atoms with Crippen molar-refractivity contribution in [3.8, 4) is 0 Å². The predicted molar refractivity (Wildman–Crippen MR) is 79.0 cm³/mol. The van der Waals surface area contributed by atoms with Crippen LogP contribution >= 0.6 is 23.2 Å². The summed E-state index contributed by atoms with van der Waals surface area (Å²) in [7, 11) is 0. The summed E-state index contributed by atoms with van der Waals surface area (Å²) >= 11 is 11.7. The van der Waals surface area contributed by atoms with Gasteiger partial charge in [0.05, 0.1) is 16.0 Å². The van der Waals surface area contributed by atoms with Crippen LogP contribution in [0.15, 0.2) is 18.2 Å². The first-order valence-electron chi connectivity index (χ1n) is 6.27. The van der Waals surface area contributed by atoms with Crippen molar-refractivity contribution in [1.82, 2.24) is 4.90 Å². The highest BCUT2D eigenvalue weighted by atomic mass is 35.5. The van der Waals surface area contributed by atoms with Crippen LogP contribution in [0, 0.1) is 5.92 Å². The van der Waals surface area contributed by atoms with E-state index in [4.69, 9.17) is 28.9 Å². The Morgan fingerprint density at radius 3 is 2.70 bits per heavy atom. The molecule has 1 fully saturated rings. The Morgan fingerprint density at radius 2 is 2.05 bits per heavy atom. The van der Waals surface area contributed by atoms with Gasteiger partial charge >= 0.3 is 6.03 Å². The molecule has 0 unspecified atom stereocenters. The summed E-state index contributed by atoms with van der Waals surface area (Å²) < 4.78 is 0. The number of halogens is 2. The van der Waals surface area contributed by atoms with E-state index in [1.165, 1.54) is 0 Å². The van der Waals surface area contributed by atoms with E-state index in [0.29, 0.717) is 28.8 Å². The first-order valence-corrected chi connectivity index (χ1v) is 7.03. The van der Waals surface area contributed by atoms with Crippen LogP contribution in [0.2, 0.25) is 10.0 Å². The van der Waals surface area contributed by atoms with Gasteiger partial charge in [0.25, 0.3) is 0 Å². The van der Waals surface area contributed by atoms with Crippen molar-refractivity contribution in [3.05, 3.63) is 28.2 Å². The average Bonchev–Trinajstić information content (AvgIpc) is 2.43. The van der Waals surface area contributed by atoms with E-state index >= 15 is 0 Å². The van der Waals surface area contributed by atoms with Crippen molar-refractivity contribution in [2.75, 3.05) is 18.4 Å². The molecule has 0 saturated carbocycles. The Labute approximate surface area is 127 Å². The number of anilines is 1. The van der Waals surface area contributed by atoms with Crippen LogP contribution in [-0.2, 0) is 4.79 Å². The molecule has 7 heteroatoms. The lowest BCUT2D eigenvalue weighted by atomic mass is 9.98. The third-order valence-electron chi connectivity index (χ3n) is 3.28. The molecule has 1 saturated heterocycles. The van der Waals surface area contributed by atoms with E-state index < -0.39 is 0 Å². The number of nitrogens with one attached hydrogen (secondary N) is 1. The zero-order chi connectivity index (χ0) is 14.7. The minimum atomic E-state index is -0.364. The second-order valence-corrected chi connectivity index (χ2v) is 5.56. The Kier molecular flexibility index (Phi) is 4.73. The number of amides is 3. The molecule has 2 rings (SSSR count). The van der Waals surface area contributed by atoms with Gasteiger partial charge in [0.15, 0.2) is 0 Å². The highest BCUT2D eigenvalue weighted by Crippen LogP contribution is 2.25. The molecule has 3 N–H and O–H groups in total. The molecule has 1 aliphatic rings. The van der Waals surface area contributed by atoms with Crippen molar-refractivity contribution in [1.29, 1.82) is 0 Å². The van der Waals surface area contributed by atoms with Crippen LogP contribution in [0.4, 0.5) is 10.5 Å². The smallest absolute Gasteiger partial charge is 0.321 e. The number of likely N-dealkylation sites (tertiary alicyclic amines) is 1. The summed E-state index contributed by atoms with van der Waals surface area (Å²) in [5.74, 6) is -0.639. The van der Waals surface area contributed by atoms with Gasteiger partial charge in [-0.25, -0.2) is 4.79 Å². The quantitative estimate of drug-likeness (QED) is 0.880. The van der Waals surface area contributed by atoms with Crippen LogP contribution in [-0.4, -0.2) is 29.9 Å². The number of carbonyl (C=O) groups is 2. The molecule has 1 aliphatic heterocycles. The fourth-order valence-electron chi connectivity index (χ4n) is 2.17. The van der Waals surface area contributed by atoms with Crippen LogP contribution < -0.4 is 11.1 Å².